The number of benzene rings is 2. The molecule has 1 heterocycles. The van der Waals surface area contributed by atoms with E-state index in [-0.39, 0.29) is 0 Å². The van der Waals surface area contributed by atoms with Crippen molar-refractivity contribution in [3.05, 3.63) is 83.1 Å². The zero-order chi connectivity index (χ0) is 16.9. The number of aliphatic imine (C=N–C) groups is 1. The predicted octanol–water partition coefficient (Wildman–Crippen LogP) is 5.86. The van der Waals surface area contributed by atoms with Crippen LogP contribution in [0.15, 0.2) is 65.8 Å². The van der Waals surface area contributed by atoms with Crippen molar-refractivity contribution in [3.8, 4) is 11.1 Å². The van der Waals surface area contributed by atoms with Crippen molar-refractivity contribution < 1.29 is 0 Å². The third-order valence-corrected chi connectivity index (χ3v) is 5.37. The molecule has 0 radical (unpaired) electrons. The summed E-state index contributed by atoms with van der Waals surface area (Å²) in [5.74, 6) is 0. The number of hydrogen-bond acceptors (Lipinski definition) is 1. The van der Waals surface area contributed by atoms with Gasteiger partial charge in [-0.1, -0.05) is 48.6 Å². The fraction of sp³-hybridized carbons (Fsp3) is 0.292. The van der Waals surface area contributed by atoms with Crippen molar-refractivity contribution in [2.24, 2.45) is 4.99 Å². The van der Waals surface area contributed by atoms with Gasteiger partial charge in [-0.3, -0.25) is 4.99 Å². The van der Waals surface area contributed by atoms with Gasteiger partial charge in [0.15, 0.2) is 0 Å². The topological polar surface area (TPSA) is 12.4 Å². The molecule has 0 fully saturated rings. The van der Waals surface area contributed by atoms with Crippen LogP contribution in [0.3, 0.4) is 0 Å². The summed E-state index contributed by atoms with van der Waals surface area (Å²) in [7, 11) is 0. The summed E-state index contributed by atoms with van der Waals surface area (Å²) in [6.45, 7) is 0. The van der Waals surface area contributed by atoms with E-state index in [0.29, 0.717) is 0 Å². The zero-order valence-electron chi connectivity index (χ0n) is 14.7. The second-order valence-corrected chi connectivity index (χ2v) is 6.94. The third-order valence-electron chi connectivity index (χ3n) is 5.37. The van der Waals surface area contributed by atoms with Crippen molar-refractivity contribution in [2.75, 3.05) is 0 Å². The highest BCUT2D eigenvalue weighted by Crippen LogP contribution is 2.38. The molecule has 2 aromatic rings. The summed E-state index contributed by atoms with van der Waals surface area (Å²) in [6, 6.07) is 13.7. The quantitative estimate of drug-likeness (QED) is 0.574. The highest BCUT2D eigenvalue weighted by molar-refractivity contribution is 5.75. The smallest absolute Gasteiger partial charge is 0.0264 e. The van der Waals surface area contributed by atoms with Gasteiger partial charge in [0, 0.05) is 12.4 Å². The highest BCUT2D eigenvalue weighted by Gasteiger charge is 2.21. The SMILES string of the molecule is C1=CCC=CN=C1.c1ccc2c(c1)CCc1c-2ccc2c1CCCC2. The van der Waals surface area contributed by atoms with Crippen LogP contribution in [0.25, 0.3) is 11.1 Å². The number of hydrogen-bond donors (Lipinski definition) is 0. The molecular formula is C24H25N. The lowest BCUT2D eigenvalue weighted by Gasteiger charge is -2.26. The Morgan fingerprint density at radius 1 is 0.680 bits per heavy atom. The molecular weight excluding hydrogens is 302 g/mol. The van der Waals surface area contributed by atoms with E-state index in [4.69, 9.17) is 0 Å². The molecule has 0 amide bonds. The molecule has 0 N–H and O–H groups in total. The number of fused-ring (bicyclic) bond motifs is 5. The third kappa shape index (κ3) is 3.51. The first-order valence-corrected chi connectivity index (χ1v) is 9.49. The molecule has 1 aliphatic heterocycles. The molecule has 1 heteroatoms. The molecule has 25 heavy (non-hydrogen) atoms. The summed E-state index contributed by atoms with van der Waals surface area (Å²) in [4.78, 5) is 3.88. The molecule has 1 nitrogen and oxygen atoms in total. The van der Waals surface area contributed by atoms with E-state index in [1.54, 1.807) is 29.1 Å². The number of allylic oxidation sites excluding steroid dienone is 3. The Morgan fingerprint density at radius 2 is 1.60 bits per heavy atom. The van der Waals surface area contributed by atoms with Crippen molar-refractivity contribution in [2.45, 2.75) is 44.9 Å². The van der Waals surface area contributed by atoms with Crippen LogP contribution in [0.5, 0.6) is 0 Å². The Kier molecular flexibility index (Phi) is 4.92. The van der Waals surface area contributed by atoms with Gasteiger partial charge in [-0.05, 0) is 84.4 Å². The largest absolute Gasteiger partial charge is 0.265 e. The maximum atomic E-state index is 3.88. The van der Waals surface area contributed by atoms with Crippen LogP contribution in [0.2, 0.25) is 0 Å². The van der Waals surface area contributed by atoms with Crippen molar-refractivity contribution >= 4 is 6.21 Å². The molecule has 0 bridgehead atoms. The van der Waals surface area contributed by atoms with Crippen LogP contribution in [0.1, 0.15) is 41.5 Å². The van der Waals surface area contributed by atoms with Gasteiger partial charge in [-0.2, -0.15) is 0 Å². The second-order valence-electron chi connectivity index (χ2n) is 6.94. The summed E-state index contributed by atoms with van der Waals surface area (Å²) >= 11 is 0. The summed E-state index contributed by atoms with van der Waals surface area (Å²) < 4.78 is 0. The fourth-order valence-electron chi connectivity index (χ4n) is 4.14. The molecule has 126 valence electrons. The molecule has 0 saturated carbocycles. The minimum atomic E-state index is 1.01. The first-order chi connectivity index (χ1) is 12.4. The monoisotopic (exact) mass is 327 g/mol. The van der Waals surface area contributed by atoms with E-state index >= 15 is 0 Å². The van der Waals surface area contributed by atoms with E-state index in [0.717, 1.165) is 6.42 Å². The molecule has 0 aromatic heterocycles. The van der Waals surface area contributed by atoms with Gasteiger partial charge >= 0.3 is 0 Å². The average Bonchev–Trinajstić information content (AvgIpc) is 3.01. The first kappa shape index (κ1) is 16.1. The van der Waals surface area contributed by atoms with Crippen LogP contribution in [0, 0.1) is 0 Å². The van der Waals surface area contributed by atoms with Gasteiger partial charge in [0.05, 0.1) is 0 Å². The predicted molar refractivity (Wildman–Crippen MR) is 107 cm³/mol. The number of rotatable bonds is 0. The van der Waals surface area contributed by atoms with Crippen molar-refractivity contribution in [1.82, 2.24) is 0 Å². The van der Waals surface area contributed by atoms with Crippen molar-refractivity contribution in [1.29, 1.82) is 0 Å². The first-order valence-electron chi connectivity index (χ1n) is 9.49. The van der Waals surface area contributed by atoms with E-state index in [1.807, 2.05) is 12.2 Å². The Balaban J connectivity index is 0.000000190. The van der Waals surface area contributed by atoms with E-state index in [2.05, 4.69) is 47.5 Å². The maximum Gasteiger partial charge on any atom is 0.0264 e. The minimum Gasteiger partial charge on any atom is -0.265 e. The van der Waals surface area contributed by atoms with Gasteiger partial charge in [-0.15, -0.1) is 0 Å². The summed E-state index contributed by atoms with van der Waals surface area (Å²) in [5, 5.41) is 0. The second kappa shape index (κ2) is 7.65. The van der Waals surface area contributed by atoms with Gasteiger partial charge in [0.1, 0.15) is 0 Å². The highest BCUT2D eigenvalue weighted by atomic mass is 14.7. The van der Waals surface area contributed by atoms with Gasteiger partial charge in [0.2, 0.25) is 0 Å². The number of aryl methyl sites for hydroxylation is 2. The Morgan fingerprint density at radius 3 is 2.60 bits per heavy atom. The molecule has 0 saturated heterocycles. The van der Waals surface area contributed by atoms with Gasteiger partial charge in [-0.25, -0.2) is 0 Å². The molecule has 0 atom stereocenters. The Bertz CT molecular complexity index is 825. The van der Waals surface area contributed by atoms with Crippen LogP contribution >= 0.6 is 0 Å². The van der Waals surface area contributed by atoms with E-state index in [1.165, 1.54) is 55.2 Å². The maximum absolute atomic E-state index is 3.88. The van der Waals surface area contributed by atoms with Crippen molar-refractivity contribution in [3.63, 3.8) is 0 Å². The molecule has 0 unspecified atom stereocenters. The normalized spacial score (nSPS) is 16.8. The summed E-state index contributed by atoms with van der Waals surface area (Å²) in [6.07, 6.45) is 18.4. The molecule has 0 spiro atoms. The molecule has 2 aromatic carbocycles. The Hall–Kier alpha value is -2.41. The van der Waals surface area contributed by atoms with Crippen LogP contribution < -0.4 is 0 Å². The van der Waals surface area contributed by atoms with Crippen LogP contribution in [-0.2, 0) is 25.7 Å². The summed E-state index contributed by atoms with van der Waals surface area (Å²) in [5.41, 5.74) is 9.49. The fourth-order valence-corrected chi connectivity index (χ4v) is 4.14. The lowest BCUT2D eigenvalue weighted by atomic mass is 9.78. The lowest BCUT2D eigenvalue weighted by Crippen LogP contribution is -2.12. The van der Waals surface area contributed by atoms with E-state index in [9.17, 15) is 0 Å². The van der Waals surface area contributed by atoms with Crippen LogP contribution in [-0.4, -0.2) is 6.21 Å². The standard InChI is InChI=1S/C18H18.C6H7N/c1-3-7-15-13(5-1)9-11-18-16-8-4-2-6-14(16)10-12-17(15)18;1-2-4-6-7-5-3-1/h1,3,5,7,10,12H,2,4,6,8-9,11H2;1,3-6H,2H2. The molecule has 2 aliphatic carbocycles. The zero-order valence-corrected chi connectivity index (χ0v) is 14.7. The van der Waals surface area contributed by atoms with Crippen LogP contribution in [0.4, 0.5) is 0 Å². The lowest BCUT2D eigenvalue weighted by molar-refractivity contribution is 0.676. The van der Waals surface area contributed by atoms with Gasteiger partial charge in [0.25, 0.3) is 0 Å². The number of nitrogens with zero attached hydrogens (tertiary/aromatic N) is 1. The molecule has 3 aliphatic rings. The van der Waals surface area contributed by atoms with Gasteiger partial charge < -0.3 is 0 Å². The van der Waals surface area contributed by atoms with E-state index < -0.39 is 0 Å². The average molecular weight is 327 g/mol. The molecule has 5 rings (SSSR count). The minimum absolute atomic E-state index is 1.01. The Labute approximate surface area is 150 Å².